The number of hydrogen-bond acceptors (Lipinski definition) is 18. The maximum absolute atomic E-state index is 13.5. The molecule has 0 aromatic heterocycles. The Labute approximate surface area is 623 Å². The highest BCUT2D eigenvalue weighted by Gasteiger charge is 2.54. The molecule has 600 valence electrons. The Morgan fingerprint density at radius 3 is 1.09 bits per heavy atom. The second-order valence-corrected chi connectivity index (χ2v) is 29.6. The van der Waals surface area contributed by atoms with Crippen molar-refractivity contribution in [1.29, 1.82) is 0 Å². The Bertz CT molecular complexity index is 2140. The SMILES string of the molecule is CC/C=C\C/C=C\C/C=C\C/C=C\CCCCCCCCCCCCCCCCCCCCCCCCCCC(=O)NC(COC1OC(CO)C(OC2OC(CO)C(OC3OC(CO)C(O)C(O)C3O)C(O)C2O)C(O)C1O)C(O)/C=C/CC/C=C/CCCCCCCCCCCCCCCCC. The van der Waals surface area contributed by atoms with E-state index in [9.17, 15) is 61.0 Å². The lowest BCUT2D eigenvalue weighted by molar-refractivity contribution is -0.379. The second kappa shape index (κ2) is 64.1. The molecule has 0 radical (unpaired) electrons. The summed E-state index contributed by atoms with van der Waals surface area (Å²) in [5, 5.41) is 121. The summed E-state index contributed by atoms with van der Waals surface area (Å²) in [5.74, 6) is -0.280. The van der Waals surface area contributed by atoms with E-state index < -0.39 is 124 Å². The van der Waals surface area contributed by atoms with Crippen molar-refractivity contribution in [3.05, 3.63) is 72.9 Å². The van der Waals surface area contributed by atoms with Crippen LogP contribution in [0.5, 0.6) is 0 Å². The number of unbranched alkanes of at least 4 members (excludes halogenated alkanes) is 40. The van der Waals surface area contributed by atoms with Gasteiger partial charge in [-0.3, -0.25) is 4.79 Å². The van der Waals surface area contributed by atoms with E-state index in [2.05, 4.69) is 79.9 Å². The van der Waals surface area contributed by atoms with Crippen molar-refractivity contribution in [1.82, 2.24) is 5.32 Å². The summed E-state index contributed by atoms with van der Waals surface area (Å²) in [6, 6.07) is -0.992. The molecule has 0 aromatic rings. The van der Waals surface area contributed by atoms with E-state index in [1.807, 2.05) is 6.08 Å². The molecule has 17 unspecified atom stereocenters. The Morgan fingerprint density at radius 2 is 0.680 bits per heavy atom. The highest BCUT2D eigenvalue weighted by Crippen LogP contribution is 2.33. The summed E-state index contributed by atoms with van der Waals surface area (Å²) in [4.78, 5) is 13.5. The number of aliphatic hydroxyl groups is 11. The largest absolute Gasteiger partial charge is 0.394 e. The minimum atomic E-state index is -1.98. The van der Waals surface area contributed by atoms with Gasteiger partial charge in [-0.05, 0) is 70.6 Å². The van der Waals surface area contributed by atoms with Gasteiger partial charge in [-0.2, -0.15) is 0 Å². The average Bonchev–Trinajstić information content (AvgIpc) is 0.781. The van der Waals surface area contributed by atoms with E-state index in [1.165, 1.54) is 225 Å². The van der Waals surface area contributed by atoms with Crippen molar-refractivity contribution in [2.24, 2.45) is 0 Å². The molecule has 3 heterocycles. The fraction of sp³-hybridized carbons (Fsp3) is 0.845. The van der Waals surface area contributed by atoms with Crippen LogP contribution in [0.4, 0.5) is 0 Å². The first-order valence-corrected chi connectivity index (χ1v) is 41.7. The Kier molecular flexibility index (Phi) is 58.8. The first-order chi connectivity index (χ1) is 50.3. The lowest BCUT2D eigenvalue weighted by Gasteiger charge is -2.48. The van der Waals surface area contributed by atoms with E-state index >= 15 is 0 Å². The first-order valence-electron chi connectivity index (χ1n) is 41.7. The van der Waals surface area contributed by atoms with Crippen LogP contribution < -0.4 is 5.32 Å². The van der Waals surface area contributed by atoms with Gasteiger partial charge >= 0.3 is 0 Å². The molecule has 0 saturated carbocycles. The fourth-order valence-corrected chi connectivity index (χ4v) is 13.8. The molecular weight excluding hydrogens is 1310 g/mol. The molecule has 103 heavy (non-hydrogen) atoms. The van der Waals surface area contributed by atoms with E-state index in [-0.39, 0.29) is 18.9 Å². The summed E-state index contributed by atoms with van der Waals surface area (Å²) < 4.78 is 34.4. The molecule has 17 atom stereocenters. The number of aliphatic hydroxyl groups excluding tert-OH is 11. The summed E-state index contributed by atoms with van der Waals surface area (Å²) in [6.45, 7) is 1.64. The Balaban J connectivity index is 1.33. The van der Waals surface area contributed by atoms with Gasteiger partial charge in [0.25, 0.3) is 0 Å². The van der Waals surface area contributed by atoms with Crippen molar-refractivity contribution in [2.75, 3.05) is 26.4 Å². The van der Waals surface area contributed by atoms with Crippen molar-refractivity contribution < 1.29 is 89.4 Å². The molecule has 0 aromatic carbocycles. The predicted octanol–water partition coefficient (Wildman–Crippen LogP) is 14.4. The van der Waals surface area contributed by atoms with Gasteiger partial charge in [0, 0.05) is 6.42 Å². The van der Waals surface area contributed by atoms with E-state index in [1.54, 1.807) is 6.08 Å². The number of rotatable bonds is 66. The standard InChI is InChI=1S/C84H151NO18/c1-3-5-7-9-11-13-15-17-19-21-23-25-26-27-28-29-30-31-32-33-34-35-36-37-38-39-40-42-44-46-48-50-52-54-56-58-60-62-72(90)85-67(68(89)61-59-57-55-53-51-49-47-45-43-41-24-22-20-18-16-14-12-10-8-6-4-2)66-98-82-78(96)75(93)80(70(64-87)100-82)103-84-79(97)76(94)81(71(65-88)101-84)102-83-77(95)74(92)73(91)69(63-86)99-83/h5,7,11,13,17,19,23,25,51,53,59,61,67-71,73-84,86-89,91-97H,3-4,6,8-10,12,14-16,18,20-22,24,26-50,52,54-58,60,62-66H2,1-2H3,(H,85,90)/b7-5-,13-11-,19-17-,25-23-,53-51+,61-59+. The van der Waals surface area contributed by atoms with Crippen LogP contribution in [0.3, 0.4) is 0 Å². The second-order valence-electron chi connectivity index (χ2n) is 29.6. The third-order valence-corrected chi connectivity index (χ3v) is 20.5. The molecule has 0 spiro atoms. The van der Waals surface area contributed by atoms with Crippen LogP contribution in [0.2, 0.25) is 0 Å². The van der Waals surface area contributed by atoms with Crippen molar-refractivity contribution in [3.63, 3.8) is 0 Å². The zero-order valence-electron chi connectivity index (χ0n) is 64.3. The van der Waals surface area contributed by atoms with Gasteiger partial charge in [-0.15, -0.1) is 0 Å². The minimum Gasteiger partial charge on any atom is -0.394 e. The first kappa shape index (κ1) is 94.4. The van der Waals surface area contributed by atoms with Crippen molar-refractivity contribution in [2.45, 2.75) is 426 Å². The van der Waals surface area contributed by atoms with Crippen LogP contribution >= 0.6 is 0 Å². The lowest BCUT2D eigenvalue weighted by atomic mass is 9.96. The molecular formula is C84H151NO18. The van der Waals surface area contributed by atoms with Crippen molar-refractivity contribution >= 4 is 5.91 Å². The lowest BCUT2D eigenvalue weighted by Crippen LogP contribution is -2.66. The number of carbonyl (C=O) groups is 1. The maximum atomic E-state index is 13.5. The molecule has 12 N–H and O–H groups in total. The average molecular weight is 1460 g/mol. The van der Waals surface area contributed by atoms with Crippen LogP contribution in [0.25, 0.3) is 0 Å². The zero-order chi connectivity index (χ0) is 74.6. The van der Waals surface area contributed by atoms with Gasteiger partial charge in [-0.25, -0.2) is 0 Å². The molecule has 1 amide bonds. The van der Waals surface area contributed by atoms with Gasteiger partial charge in [0.15, 0.2) is 18.9 Å². The molecule has 3 saturated heterocycles. The molecule has 3 aliphatic rings. The zero-order valence-corrected chi connectivity index (χ0v) is 64.3. The van der Waals surface area contributed by atoms with E-state index in [0.717, 1.165) is 64.2 Å². The Morgan fingerprint density at radius 1 is 0.359 bits per heavy atom. The number of amides is 1. The van der Waals surface area contributed by atoms with Crippen LogP contribution in [0, 0.1) is 0 Å². The number of carbonyl (C=O) groups excluding carboxylic acids is 1. The molecule has 3 fully saturated rings. The van der Waals surface area contributed by atoms with Crippen LogP contribution in [-0.4, -0.2) is 193 Å². The summed E-state index contributed by atoms with van der Waals surface area (Å²) in [5.41, 5.74) is 0. The highest BCUT2D eigenvalue weighted by molar-refractivity contribution is 5.76. The van der Waals surface area contributed by atoms with Crippen LogP contribution in [-0.2, 0) is 33.2 Å². The fourth-order valence-electron chi connectivity index (χ4n) is 13.8. The topological polar surface area (TPSA) is 307 Å². The quantitative estimate of drug-likeness (QED) is 0.0199. The predicted molar refractivity (Wildman–Crippen MR) is 411 cm³/mol. The number of allylic oxidation sites excluding steroid dienone is 11. The van der Waals surface area contributed by atoms with Gasteiger partial charge in [0.1, 0.15) is 73.2 Å². The molecule has 19 heteroatoms. The molecule has 3 rings (SSSR count). The normalized spacial score (nSPS) is 26.4. The highest BCUT2D eigenvalue weighted by atomic mass is 16.8. The summed E-state index contributed by atoms with van der Waals surface area (Å²) in [7, 11) is 0. The maximum Gasteiger partial charge on any atom is 0.220 e. The summed E-state index contributed by atoms with van der Waals surface area (Å²) >= 11 is 0. The van der Waals surface area contributed by atoms with Gasteiger partial charge in [0.05, 0.1) is 38.6 Å². The molecule has 3 aliphatic heterocycles. The molecule has 0 aliphatic carbocycles. The monoisotopic (exact) mass is 1460 g/mol. The number of hydrogen-bond donors (Lipinski definition) is 12. The minimum absolute atomic E-state index is 0.237. The van der Waals surface area contributed by atoms with E-state index in [4.69, 9.17) is 28.4 Å². The van der Waals surface area contributed by atoms with Crippen molar-refractivity contribution in [3.8, 4) is 0 Å². The van der Waals surface area contributed by atoms with Gasteiger partial charge < -0.3 is 89.9 Å². The van der Waals surface area contributed by atoms with Gasteiger partial charge in [-0.1, -0.05) is 318 Å². The molecule has 0 bridgehead atoms. The van der Waals surface area contributed by atoms with Crippen LogP contribution in [0.15, 0.2) is 72.9 Å². The van der Waals surface area contributed by atoms with Crippen LogP contribution in [0.1, 0.15) is 322 Å². The summed E-state index contributed by atoms with van der Waals surface area (Å²) in [6.07, 6.45) is 57.6. The third-order valence-electron chi connectivity index (χ3n) is 20.5. The number of nitrogens with one attached hydrogen (secondary N) is 1. The smallest absolute Gasteiger partial charge is 0.220 e. The molecule has 19 nitrogen and oxygen atoms in total. The number of ether oxygens (including phenoxy) is 6. The van der Waals surface area contributed by atoms with Gasteiger partial charge in [0.2, 0.25) is 5.91 Å². The van der Waals surface area contributed by atoms with E-state index in [0.29, 0.717) is 12.8 Å². The third kappa shape index (κ3) is 43.9. The Hall–Kier alpha value is -2.77.